The second-order valence-electron chi connectivity index (χ2n) is 10.8. The molecule has 1 aromatic heterocycles. The van der Waals surface area contributed by atoms with Crippen LogP contribution in [0.3, 0.4) is 0 Å². The minimum absolute atomic E-state index is 0.0678. The molecule has 204 valence electrons. The molecular weight excluding hydrogens is 540 g/mol. The first kappa shape index (κ1) is 28.5. The average molecular weight is 570 g/mol. The number of carbonyl (C=O) groups excluding carboxylic acids is 3. The average Bonchev–Trinajstić information content (AvgIpc) is 3.43. The summed E-state index contributed by atoms with van der Waals surface area (Å²) < 4.78 is 30.3. The number of hydrogen-bond donors (Lipinski definition) is 1. The van der Waals surface area contributed by atoms with Gasteiger partial charge in [0.25, 0.3) is 0 Å². The lowest BCUT2D eigenvalue weighted by atomic mass is 10.1. The van der Waals surface area contributed by atoms with Gasteiger partial charge in [-0.15, -0.1) is 5.54 Å². The van der Waals surface area contributed by atoms with E-state index in [2.05, 4.69) is 36.4 Å². The van der Waals surface area contributed by atoms with Crippen LogP contribution in [0.25, 0.3) is 10.9 Å². The van der Waals surface area contributed by atoms with Crippen LogP contribution in [0.2, 0.25) is 24.7 Å². The monoisotopic (exact) mass is 569 g/mol. The molecule has 1 saturated heterocycles. The number of amides is 2. The van der Waals surface area contributed by atoms with Gasteiger partial charge in [0, 0.05) is 41.2 Å². The Morgan fingerprint density at radius 3 is 2.62 bits per heavy atom. The van der Waals surface area contributed by atoms with Crippen molar-refractivity contribution in [2.24, 2.45) is 0 Å². The maximum absolute atomic E-state index is 14.4. The Balaban J connectivity index is 1.57. The molecule has 6 nitrogen and oxygen atoms in total. The van der Waals surface area contributed by atoms with Crippen molar-refractivity contribution in [1.82, 2.24) is 14.8 Å². The first-order valence-electron chi connectivity index (χ1n) is 12.6. The summed E-state index contributed by atoms with van der Waals surface area (Å²) in [5.41, 5.74) is 5.38. The zero-order chi connectivity index (χ0) is 28.5. The number of alkyl halides is 1. The van der Waals surface area contributed by atoms with E-state index in [0.29, 0.717) is 16.5 Å². The van der Waals surface area contributed by atoms with E-state index in [4.69, 9.17) is 11.6 Å². The molecule has 0 saturated carbocycles. The van der Waals surface area contributed by atoms with E-state index in [0.717, 1.165) is 5.56 Å². The summed E-state index contributed by atoms with van der Waals surface area (Å²) in [6, 6.07) is 8.93. The molecule has 1 aliphatic rings. The zero-order valence-electron chi connectivity index (χ0n) is 22.3. The number of Topliss-reactive ketones (excluding diaryl/α,β-unsaturated/α-hetero) is 1. The van der Waals surface area contributed by atoms with E-state index >= 15 is 0 Å². The molecule has 0 unspecified atom stereocenters. The third kappa shape index (κ3) is 6.57. The first-order chi connectivity index (χ1) is 18.3. The summed E-state index contributed by atoms with van der Waals surface area (Å²) in [4.78, 5) is 39.8. The Morgan fingerprint density at radius 2 is 1.92 bits per heavy atom. The lowest BCUT2D eigenvalue weighted by Crippen LogP contribution is -2.46. The Hall–Kier alpha value is -3.48. The summed E-state index contributed by atoms with van der Waals surface area (Å²) >= 11 is 5.81. The number of halogens is 3. The van der Waals surface area contributed by atoms with E-state index in [-0.39, 0.29) is 42.4 Å². The second-order valence-corrected chi connectivity index (χ2v) is 15.9. The molecule has 39 heavy (non-hydrogen) atoms. The number of fused-ring (bicyclic) bond motifs is 1. The summed E-state index contributed by atoms with van der Waals surface area (Å²) in [5.74, 6) is 1.36. The zero-order valence-corrected chi connectivity index (χ0v) is 24.0. The van der Waals surface area contributed by atoms with Crippen LogP contribution in [0.15, 0.2) is 42.6 Å². The lowest BCUT2D eigenvalue weighted by molar-refractivity contribution is -0.139. The fourth-order valence-electron chi connectivity index (χ4n) is 4.57. The van der Waals surface area contributed by atoms with Crippen molar-refractivity contribution in [3.8, 4) is 11.5 Å². The normalized spacial score (nSPS) is 17.2. The maximum Gasteiger partial charge on any atom is 0.243 e. The SMILES string of the molecule is CC(=O)c1cn(CC(=O)N2C[C@H](F)C[C@H]2C(=O)NCc2cccc(Cl)c2F)c2cc(C#C[Si](C)(C)C)ccc12. The molecule has 3 aromatic rings. The van der Waals surface area contributed by atoms with Gasteiger partial charge in [-0.1, -0.05) is 55.4 Å². The molecule has 2 amide bonds. The van der Waals surface area contributed by atoms with Gasteiger partial charge >= 0.3 is 0 Å². The highest BCUT2D eigenvalue weighted by atomic mass is 35.5. The van der Waals surface area contributed by atoms with Crippen molar-refractivity contribution < 1.29 is 23.2 Å². The minimum Gasteiger partial charge on any atom is -0.350 e. The predicted molar refractivity (Wildman–Crippen MR) is 150 cm³/mol. The van der Waals surface area contributed by atoms with Crippen molar-refractivity contribution >= 4 is 48.2 Å². The van der Waals surface area contributed by atoms with E-state index in [9.17, 15) is 23.2 Å². The fourth-order valence-corrected chi connectivity index (χ4v) is 5.28. The van der Waals surface area contributed by atoms with Gasteiger partial charge in [0.1, 0.15) is 32.6 Å². The van der Waals surface area contributed by atoms with Gasteiger partial charge in [-0.25, -0.2) is 8.78 Å². The van der Waals surface area contributed by atoms with Crippen LogP contribution in [0.5, 0.6) is 0 Å². The maximum atomic E-state index is 14.4. The largest absolute Gasteiger partial charge is 0.350 e. The van der Waals surface area contributed by atoms with E-state index in [1.807, 2.05) is 18.2 Å². The third-order valence-corrected chi connectivity index (χ3v) is 7.67. The number of nitrogens with one attached hydrogen (secondary N) is 1. The molecule has 0 radical (unpaired) electrons. The van der Waals surface area contributed by atoms with Crippen molar-refractivity contribution in [3.05, 3.63) is 70.1 Å². The van der Waals surface area contributed by atoms with E-state index in [1.165, 1.54) is 24.0 Å². The minimum atomic E-state index is -1.62. The smallest absolute Gasteiger partial charge is 0.243 e. The van der Waals surface area contributed by atoms with Crippen LogP contribution >= 0.6 is 11.6 Å². The van der Waals surface area contributed by atoms with Gasteiger partial charge in [-0.3, -0.25) is 14.4 Å². The predicted octanol–water partition coefficient (Wildman–Crippen LogP) is 5.12. The highest BCUT2D eigenvalue weighted by Crippen LogP contribution is 2.26. The quantitative estimate of drug-likeness (QED) is 0.254. The third-order valence-electron chi connectivity index (χ3n) is 6.51. The molecule has 0 spiro atoms. The molecule has 1 N–H and O–H groups in total. The van der Waals surface area contributed by atoms with Crippen LogP contribution in [-0.2, 0) is 22.7 Å². The van der Waals surface area contributed by atoms with Gasteiger partial charge in [-0.05, 0) is 25.1 Å². The van der Waals surface area contributed by atoms with Gasteiger partial charge in [0.05, 0.1) is 17.1 Å². The highest BCUT2D eigenvalue weighted by Gasteiger charge is 2.39. The highest BCUT2D eigenvalue weighted by molar-refractivity contribution is 6.83. The molecule has 2 atom stereocenters. The van der Waals surface area contributed by atoms with Crippen LogP contribution in [-0.4, -0.2) is 53.9 Å². The van der Waals surface area contributed by atoms with Crippen LogP contribution in [0.1, 0.15) is 34.8 Å². The van der Waals surface area contributed by atoms with Crippen molar-refractivity contribution in [1.29, 1.82) is 0 Å². The van der Waals surface area contributed by atoms with E-state index < -0.39 is 37.9 Å². The standard InChI is InChI=1S/C29H30ClF2N3O3Si/c1-18(36)23-16-34(25-12-19(8-9-22(23)25)10-11-39(2,3)4)17-27(37)35-15-21(31)13-26(35)29(38)33-14-20-6-5-7-24(30)28(20)32/h5-9,12,16,21,26H,13-15,17H2,1-4H3,(H,33,38)/t21-,26+/m1/s1. The number of nitrogens with zero attached hydrogens (tertiary/aromatic N) is 2. The number of ketones is 1. The Bertz CT molecular complexity index is 1520. The number of carbonyl (C=O) groups is 3. The Labute approximate surface area is 232 Å². The van der Waals surface area contributed by atoms with Crippen LogP contribution < -0.4 is 5.32 Å². The number of rotatable bonds is 6. The lowest BCUT2D eigenvalue weighted by Gasteiger charge is -2.24. The molecule has 10 heteroatoms. The van der Waals surface area contributed by atoms with Crippen molar-refractivity contribution in [2.75, 3.05) is 6.54 Å². The number of aromatic nitrogens is 1. The Morgan fingerprint density at radius 1 is 1.18 bits per heavy atom. The summed E-state index contributed by atoms with van der Waals surface area (Å²) in [7, 11) is -1.62. The number of likely N-dealkylation sites (tertiary alicyclic amines) is 1. The Kier molecular flexibility index (Phi) is 8.28. The molecular formula is C29H30ClF2N3O3Si. The number of hydrogen-bond acceptors (Lipinski definition) is 3. The summed E-state index contributed by atoms with van der Waals surface area (Å²) in [5, 5.41) is 3.22. The van der Waals surface area contributed by atoms with Crippen molar-refractivity contribution in [2.45, 2.75) is 58.3 Å². The molecule has 2 aromatic carbocycles. The van der Waals surface area contributed by atoms with E-state index in [1.54, 1.807) is 16.8 Å². The molecule has 1 aliphatic heterocycles. The fraction of sp³-hybridized carbons (Fsp3) is 0.345. The molecule has 0 bridgehead atoms. The molecule has 4 rings (SSSR count). The van der Waals surface area contributed by atoms with Gasteiger partial charge in [0.2, 0.25) is 11.8 Å². The number of benzene rings is 2. The molecule has 0 aliphatic carbocycles. The summed E-state index contributed by atoms with van der Waals surface area (Å²) in [6.07, 6.45) is 0.0860. The second kappa shape index (κ2) is 11.3. The van der Waals surface area contributed by atoms with Crippen molar-refractivity contribution in [3.63, 3.8) is 0 Å². The summed E-state index contributed by atoms with van der Waals surface area (Å²) in [6.45, 7) is 7.31. The van der Waals surface area contributed by atoms with Gasteiger partial charge < -0.3 is 14.8 Å². The van der Waals surface area contributed by atoms with Crippen LogP contribution in [0, 0.1) is 17.3 Å². The van der Waals surface area contributed by atoms with Gasteiger partial charge in [-0.2, -0.15) is 0 Å². The molecule has 2 heterocycles. The van der Waals surface area contributed by atoms with Gasteiger partial charge in [0.15, 0.2) is 5.78 Å². The first-order valence-corrected chi connectivity index (χ1v) is 16.5. The van der Waals surface area contributed by atoms with Crippen LogP contribution in [0.4, 0.5) is 8.78 Å². The molecule has 1 fully saturated rings. The topological polar surface area (TPSA) is 71.4 Å².